The summed E-state index contributed by atoms with van der Waals surface area (Å²) in [6.45, 7) is 3.97. The van der Waals surface area contributed by atoms with E-state index in [1.165, 1.54) is 57.3 Å². The van der Waals surface area contributed by atoms with E-state index in [4.69, 9.17) is 0 Å². The SMILES string of the molecule is c1ccc(CCN2CC[C@@H]3CCC[C@@H]3C2)cc1. The lowest BCUT2D eigenvalue weighted by Gasteiger charge is -2.35. The number of piperidine rings is 1. The summed E-state index contributed by atoms with van der Waals surface area (Å²) < 4.78 is 0. The Morgan fingerprint density at radius 1 is 1.00 bits per heavy atom. The number of rotatable bonds is 3. The lowest BCUT2D eigenvalue weighted by molar-refractivity contribution is 0.140. The highest BCUT2D eigenvalue weighted by molar-refractivity contribution is 5.14. The van der Waals surface area contributed by atoms with Crippen LogP contribution in [0.15, 0.2) is 30.3 Å². The predicted molar refractivity (Wildman–Crippen MR) is 72.0 cm³/mol. The standard InChI is InChI=1S/C16H23N/c1-2-5-14(6-3-1)9-11-17-12-10-15-7-4-8-16(15)13-17/h1-3,5-6,15-16H,4,7-13H2/t15-,16+/m0/s1. The molecule has 2 fully saturated rings. The summed E-state index contributed by atoms with van der Waals surface area (Å²) in [5, 5.41) is 0. The Balaban J connectivity index is 1.50. The normalized spacial score (nSPS) is 29.2. The number of likely N-dealkylation sites (tertiary alicyclic amines) is 1. The molecule has 0 unspecified atom stereocenters. The van der Waals surface area contributed by atoms with E-state index in [1.54, 1.807) is 0 Å². The quantitative estimate of drug-likeness (QED) is 0.768. The van der Waals surface area contributed by atoms with Crippen molar-refractivity contribution in [2.45, 2.75) is 32.1 Å². The van der Waals surface area contributed by atoms with Crippen molar-refractivity contribution in [1.29, 1.82) is 0 Å². The third-order valence-corrected chi connectivity index (χ3v) is 4.68. The topological polar surface area (TPSA) is 3.24 Å². The van der Waals surface area contributed by atoms with E-state index in [9.17, 15) is 0 Å². The van der Waals surface area contributed by atoms with Gasteiger partial charge in [0.05, 0.1) is 0 Å². The number of benzene rings is 1. The summed E-state index contributed by atoms with van der Waals surface area (Å²) in [6, 6.07) is 10.9. The fraction of sp³-hybridized carbons (Fsp3) is 0.625. The van der Waals surface area contributed by atoms with Gasteiger partial charge in [0.1, 0.15) is 0 Å². The molecule has 1 saturated carbocycles. The first-order valence-corrected chi connectivity index (χ1v) is 7.18. The fourth-order valence-corrected chi connectivity index (χ4v) is 3.64. The van der Waals surface area contributed by atoms with Crippen LogP contribution in [0.25, 0.3) is 0 Å². The molecule has 2 atom stereocenters. The molecule has 2 aliphatic rings. The maximum absolute atomic E-state index is 2.69. The van der Waals surface area contributed by atoms with Crippen LogP contribution in [0.1, 0.15) is 31.2 Å². The van der Waals surface area contributed by atoms with Crippen molar-refractivity contribution in [2.75, 3.05) is 19.6 Å². The largest absolute Gasteiger partial charge is 0.303 e. The second-order valence-electron chi connectivity index (χ2n) is 5.78. The first-order valence-electron chi connectivity index (χ1n) is 7.18. The maximum Gasteiger partial charge on any atom is 0.00219 e. The summed E-state index contributed by atoms with van der Waals surface area (Å²) in [5.41, 5.74) is 1.49. The van der Waals surface area contributed by atoms with E-state index >= 15 is 0 Å². The van der Waals surface area contributed by atoms with Gasteiger partial charge in [0.15, 0.2) is 0 Å². The Morgan fingerprint density at radius 3 is 2.71 bits per heavy atom. The van der Waals surface area contributed by atoms with Crippen LogP contribution in [0, 0.1) is 11.8 Å². The van der Waals surface area contributed by atoms with Crippen molar-refractivity contribution < 1.29 is 0 Å². The average molecular weight is 229 g/mol. The van der Waals surface area contributed by atoms with Gasteiger partial charge in [0.25, 0.3) is 0 Å². The minimum absolute atomic E-state index is 1.03. The van der Waals surface area contributed by atoms with E-state index < -0.39 is 0 Å². The molecule has 17 heavy (non-hydrogen) atoms. The molecule has 1 heteroatoms. The predicted octanol–water partition coefficient (Wildman–Crippen LogP) is 3.35. The van der Waals surface area contributed by atoms with Crippen LogP contribution >= 0.6 is 0 Å². The van der Waals surface area contributed by atoms with E-state index in [-0.39, 0.29) is 0 Å². The number of fused-ring (bicyclic) bond motifs is 1. The fourth-order valence-electron chi connectivity index (χ4n) is 3.64. The van der Waals surface area contributed by atoms with Gasteiger partial charge in [-0.25, -0.2) is 0 Å². The number of hydrogen-bond donors (Lipinski definition) is 0. The van der Waals surface area contributed by atoms with Gasteiger partial charge in [0, 0.05) is 13.1 Å². The third-order valence-electron chi connectivity index (χ3n) is 4.68. The van der Waals surface area contributed by atoms with Crippen LogP contribution in [0.3, 0.4) is 0 Å². The Hall–Kier alpha value is -0.820. The van der Waals surface area contributed by atoms with Crippen LogP contribution in [0.5, 0.6) is 0 Å². The van der Waals surface area contributed by atoms with Crippen LogP contribution in [0.4, 0.5) is 0 Å². The molecule has 0 amide bonds. The summed E-state index contributed by atoms with van der Waals surface area (Å²) in [4.78, 5) is 2.69. The molecule has 0 radical (unpaired) electrons. The molecule has 1 nitrogen and oxygen atoms in total. The van der Waals surface area contributed by atoms with E-state index in [2.05, 4.69) is 35.2 Å². The molecule has 1 aromatic rings. The molecule has 1 aromatic carbocycles. The van der Waals surface area contributed by atoms with Crippen molar-refractivity contribution in [2.24, 2.45) is 11.8 Å². The Kier molecular flexibility index (Phi) is 3.46. The van der Waals surface area contributed by atoms with Gasteiger partial charge in [-0.3, -0.25) is 0 Å². The molecule has 1 aliphatic heterocycles. The third kappa shape index (κ3) is 2.71. The average Bonchev–Trinajstić information content (AvgIpc) is 2.85. The summed E-state index contributed by atoms with van der Waals surface area (Å²) in [5.74, 6) is 2.10. The van der Waals surface area contributed by atoms with Crippen molar-refractivity contribution >= 4 is 0 Å². The number of nitrogens with zero attached hydrogens (tertiary/aromatic N) is 1. The van der Waals surface area contributed by atoms with Crippen LogP contribution in [-0.2, 0) is 6.42 Å². The summed E-state index contributed by atoms with van der Waals surface area (Å²) in [6.07, 6.45) is 7.17. The zero-order valence-electron chi connectivity index (χ0n) is 10.6. The molecule has 0 bridgehead atoms. The monoisotopic (exact) mass is 229 g/mol. The highest BCUT2D eigenvalue weighted by Crippen LogP contribution is 2.37. The lowest BCUT2D eigenvalue weighted by Crippen LogP contribution is -2.39. The van der Waals surface area contributed by atoms with Crippen LogP contribution in [0.2, 0.25) is 0 Å². The Bertz CT molecular complexity index is 346. The van der Waals surface area contributed by atoms with Crippen molar-refractivity contribution in [1.82, 2.24) is 4.90 Å². The van der Waals surface area contributed by atoms with Crippen molar-refractivity contribution in [3.05, 3.63) is 35.9 Å². The first-order chi connectivity index (χ1) is 8.42. The molecule has 0 aromatic heterocycles. The van der Waals surface area contributed by atoms with Crippen molar-refractivity contribution in [3.63, 3.8) is 0 Å². The van der Waals surface area contributed by atoms with E-state index in [0.29, 0.717) is 0 Å². The highest BCUT2D eigenvalue weighted by atomic mass is 15.1. The molecule has 92 valence electrons. The van der Waals surface area contributed by atoms with Crippen LogP contribution < -0.4 is 0 Å². The lowest BCUT2D eigenvalue weighted by atomic mass is 9.88. The molecular formula is C16H23N. The smallest absolute Gasteiger partial charge is 0.00219 e. The molecule has 1 heterocycles. The van der Waals surface area contributed by atoms with Gasteiger partial charge in [-0.2, -0.15) is 0 Å². The van der Waals surface area contributed by atoms with Gasteiger partial charge in [-0.1, -0.05) is 43.2 Å². The van der Waals surface area contributed by atoms with Gasteiger partial charge in [0.2, 0.25) is 0 Å². The zero-order chi connectivity index (χ0) is 11.5. The van der Waals surface area contributed by atoms with Crippen molar-refractivity contribution in [3.8, 4) is 0 Å². The summed E-state index contributed by atoms with van der Waals surface area (Å²) in [7, 11) is 0. The molecule has 3 rings (SSSR count). The molecular weight excluding hydrogens is 206 g/mol. The zero-order valence-corrected chi connectivity index (χ0v) is 10.6. The molecule has 0 spiro atoms. The Labute approximate surface area is 105 Å². The molecule has 0 N–H and O–H groups in total. The minimum Gasteiger partial charge on any atom is -0.303 e. The molecule has 1 aliphatic carbocycles. The van der Waals surface area contributed by atoms with Gasteiger partial charge < -0.3 is 4.90 Å². The van der Waals surface area contributed by atoms with Gasteiger partial charge >= 0.3 is 0 Å². The highest BCUT2D eigenvalue weighted by Gasteiger charge is 2.32. The summed E-state index contributed by atoms with van der Waals surface area (Å²) >= 11 is 0. The Morgan fingerprint density at radius 2 is 1.82 bits per heavy atom. The van der Waals surface area contributed by atoms with Gasteiger partial charge in [-0.15, -0.1) is 0 Å². The first kappa shape index (κ1) is 11.3. The molecule has 1 saturated heterocycles. The van der Waals surface area contributed by atoms with Gasteiger partial charge in [-0.05, 0) is 43.2 Å². The van der Waals surface area contributed by atoms with E-state index in [0.717, 1.165) is 11.8 Å². The van der Waals surface area contributed by atoms with E-state index in [1.807, 2.05) is 0 Å². The second kappa shape index (κ2) is 5.22. The maximum atomic E-state index is 2.69. The second-order valence-corrected chi connectivity index (χ2v) is 5.78. The minimum atomic E-state index is 1.03. The van der Waals surface area contributed by atoms with Crippen LogP contribution in [-0.4, -0.2) is 24.5 Å². The number of hydrogen-bond acceptors (Lipinski definition) is 1.